The summed E-state index contributed by atoms with van der Waals surface area (Å²) in [6.45, 7) is 1.53. The lowest BCUT2D eigenvalue weighted by atomic mass is 10.1. The summed E-state index contributed by atoms with van der Waals surface area (Å²) in [5, 5.41) is 2.67. The fraction of sp³-hybridized carbons (Fsp3) is 0.500. The number of nitrogens with zero attached hydrogens (tertiary/aromatic N) is 3. The molecule has 1 aromatic rings. The van der Waals surface area contributed by atoms with Crippen molar-refractivity contribution in [2.24, 2.45) is 5.92 Å². The molecule has 0 aliphatic carbocycles. The molecule has 1 saturated heterocycles. The van der Waals surface area contributed by atoms with Crippen LogP contribution >= 0.6 is 15.9 Å². The van der Waals surface area contributed by atoms with E-state index in [9.17, 15) is 4.79 Å². The number of nitrogens with one attached hydrogen (secondary N) is 1. The van der Waals surface area contributed by atoms with Crippen molar-refractivity contribution in [3.63, 3.8) is 0 Å². The number of aromatic nitrogens is 2. The van der Waals surface area contributed by atoms with Gasteiger partial charge in [0, 0.05) is 32.5 Å². The maximum absolute atomic E-state index is 11.5. The Morgan fingerprint density at radius 1 is 1.56 bits per heavy atom. The highest BCUT2D eigenvalue weighted by Crippen LogP contribution is 2.21. The molecule has 2 rings (SSSR count). The Hall–Kier alpha value is -1.17. The topological polar surface area (TPSA) is 58.1 Å². The lowest BCUT2D eigenvalue weighted by Gasteiger charge is -2.15. The van der Waals surface area contributed by atoms with E-state index in [2.05, 4.69) is 31.2 Å². The van der Waals surface area contributed by atoms with Crippen LogP contribution in [0.2, 0.25) is 0 Å². The summed E-state index contributed by atoms with van der Waals surface area (Å²) in [5.74, 6) is 0.839. The minimum atomic E-state index is 0.0530. The summed E-state index contributed by atoms with van der Waals surface area (Å²) in [6.07, 6.45) is 4.30. The van der Waals surface area contributed by atoms with Crippen LogP contribution in [0.15, 0.2) is 16.9 Å². The van der Waals surface area contributed by atoms with Crippen molar-refractivity contribution in [2.45, 2.75) is 6.42 Å². The Morgan fingerprint density at radius 2 is 2.25 bits per heavy atom. The molecule has 6 heteroatoms. The van der Waals surface area contributed by atoms with Crippen molar-refractivity contribution < 1.29 is 4.79 Å². The predicted molar refractivity (Wildman–Crippen MR) is 64.1 cm³/mol. The van der Waals surface area contributed by atoms with Crippen LogP contribution in [0.4, 0.5) is 5.95 Å². The van der Waals surface area contributed by atoms with Crippen LogP contribution in [0.5, 0.6) is 0 Å². The van der Waals surface area contributed by atoms with Crippen molar-refractivity contribution in [3.8, 4) is 0 Å². The zero-order chi connectivity index (χ0) is 11.5. The molecule has 0 aromatic carbocycles. The Labute approximate surface area is 102 Å². The molecule has 2 heterocycles. The molecule has 0 radical (unpaired) electrons. The van der Waals surface area contributed by atoms with Crippen LogP contribution in [0, 0.1) is 5.92 Å². The van der Waals surface area contributed by atoms with Crippen LogP contribution < -0.4 is 10.2 Å². The molecule has 86 valence electrons. The molecule has 16 heavy (non-hydrogen) atoms. The van der Waals surface area contributed by atoms with Crippen molar-refractivity contribution in [1.29, 1.82) is 0 Å². The first-order chi connectivity index (χ1) is 7.70. The highest BCUT2D eigenvalue weighted by Gasteiger charge is 2.28. The van der Waals surface area contributed by atoms with Gasteiger partial charge in [-0.15, -0.1) is 0 Å². The molecule has 0 saturated carbocycles. The third-order valence-electron chi connectivity index (χ3n) is 2.69. The summed E-state index contributed by atoms with van der Waals surface area (Å²) in [5.41, 5.74) is 0. The molecule has 1 aliphatic rings. The van der Waals surface area contributed by atoms with Crippen LogP contribution in [0.1, 0.15) is 6.42 Å². The van der Waals surface area contributed by atoms with Crippen molar-refractivity contribution in [1.82, 2.24) is 15.3 Å². The van der Waals surface area contributed by atoms with Crippen LogP contribution in [-0.2, 0) is 4.79 Å². The van der Waals surface area contributed by atoms with Crippen molar-refractivity contribution in [3.05, 3.63) is 16.9 Å². The number of amides is 1. The summed E-state index contributed by atoms with van der Waals surface area (Å²) in [4.78, 5) is 21.9. The van der Waals surface area contributed by atoms with Gasteiger partial charge in [0.2, 0.25) is 11.9 Å². The van der Waals surface area contributed by atoms with Gasteiger partial charge < -0.3 is 10.2 Å². The number of hydrogen-bond acceptors (Lipinski definition) is 4. The molecule has 1 amide bonds. The largest absolute Gasteiger partial charge is 0.359 e. The minimum Gasteiger partial charge on any atom is -0.359 e. The van der Waals surface area contributed by atoms with Gasteiger partial charge in [0.05, 0.1) is 10.4 Å². The molecule has 1 aliphatic heterocycles. The van der Waals surface area contributed by atoms with Gasteiger partial charge in [-0.25, -0.2) is 9.97 Å². The average molecular weight is 285 g/mol. The molecule has 1 aromatic heterocycles. The lowest BCUT2D eigenvalue weighted by Crippen LogP contribution is -2.30. The molecule has 0 spiro atoms. The normalized spacial score (nSPS) is 19.9. The van der Waals surface area contributed by atoms with E-state index in [1.54, 1.807) is 19.4 Å². The molecule has 5 nitrogen and oxygen atoms in total. The van der Waals surface area contributed by atoms with Gasteiger partial charge >= 0.3 is 0 Å². The zero-order valence-corrected chi connectivity index (χ0v) is 10.6. The van der Waals surface area contributed by atoms with Gasteiger partial charge in [0.25, 0.3) is 0 Å². The maximum Gasteiger partial charge on any atom is 0.225 e. The van der Waals surface area contributed by atoms with Gasteiger partial charge in [-0.1, -0.05) is 0 Å². The summed E-state index contributed by atoms with van der Waals surface area (Å²) in [6, 6.07) is 0. The smallest absolute Gasteiger partial charge is 0.225 e. The van der Waals surface area contributed by atoms with Gasteiger partial charge in [-0.3, -0.25) is 4.79 Å². The van der Waals surface area contributed by atoms with Crippen LogP contribution in [0.3, 0.4) is 0 Å². The standard InChI is InChI=1S/C10H13BrN4O/c1-12-9(16)7-2-3-15(6-7)10-13-4-8(11)5-14-10/h4-5,7H,2-3,6H2,1H3,(H,12,16). The zero-order valence-electron chi connectivity index (χ0n) is 8.98. The molecule has 1 unspecified atom stereocenters. The third kappa shape index (κ3) is 2.32. The van der Waals surface area contributed by atoms with E-state index in [-0.39, 0.29) is 11.8 Å². The number of carbonyl (C=O) groups is 1. The molecule has 0 bridgehead atoms. The van der Waals surface area contributed by atoms with Crippen LogP contribution in [-0.4, -0.2) is 36.0 Å². The fourth-order valence-corrected chi connectivity index (χ4v) is 2.03. The summed E-state index contributed by atoms with van der Waals surface area (Å²) >= 11 is 3.29. The Kier molecular flexibility index (Phi) is 3.38. The van der Waals surface area contributed by atoms with E-state index >= 15 is 0 Å². The second kappa shape index (κ2) is 4.78. The molecular formula is C10H13BrN4O. The van der Waals surface area contributed by atoms with Gasteiger partial charge in [0.15, 0.2) is 0 Å². The molecule has 1 N–H and O–H groups in total. The van der Waals surface area contributed by atoms with E-state index in [0.717, 1.165) is 17.4 Å². The van der Waals surface area contributed by atoms with E-state index < -0.39 is 0 Å². The first-order valence-electron chi connectivity index (χ1n) is 5.15. The number of carbonyl (C=O) groups excluding carboxylic acids is 1. The fourth-order valence-electron chi connectivity index (χ4n) is 1.83. The highest BCUT2D eigenvalue weighted by atomic mass is 79.9. The lowest BCUT2D eigenvalue weighted by molar-refractivity contribution is -0.123. The first kappa shape index (κ1) is 11.3. The Bertz CT molecular complexity index is 381. The minimum absolute atomic E-state index is 0.0530. The average Bonchev–Trinajstić information content (AvgIpc) is 2.78. The molecule has 1 fully saturated rings. The Balaban J connectivity index is 2.03. The van der Waals surface area contributed by atoms with Crippen molar-refractivity contribution >= 4 is 27.8 Å². The van der Waals surface area contributed by atoms with Crippen molar-refractivity contribution in [2.75, 3.05) is 25.0 Å². The molecular weight excluding hydrogens is 272 g/mol. The SMILES string of the molecule is CNC(=O)C1CCN(c2ncc(Br)cn2)C1. The number of hydrogen-bond donors (Lipinski definition) is 1. The van der Waals surface area contributed by atoms with Gasteiger partial charge in [-0.2, -0.15) is 0 Å². The first-order valence-corrected chi connectivity index (χ1v) is 5.94. The number of rotatable bonds is 2. The summed E-state index contributed by atoms with van der Waals surface area (Å²) < 4.78 is 0.860. The molecule has 1 atom stereocenters. The second-order valence-corrected chi connectivity index (χ2v) is 4.66. The van der Waals surface area contributed by atoms with E-state index in [1.807, 2.05) is 4.90 Å². The summed E-state index contributed by atoms with van der Waals surface area (Å²) in [7, 11) is 1.67. The monoisotopic (exact) mass is 284 g/mol. The predicted octanol–water partition coefficient (Wildman–Crippen LogP) is 0.811. The number of halogens is 1. The van der Waals surface area contributed by atoms with Crippen LogP contribution in [0.25, 0.3) is 0 Å². The van der Waals surface area contributed by atoms with Gasteiger partial charge in [-0.05, 0) is 22.4 Å². The quantitative estimate of drug-likeness (QED) is 0.873. The Morgan fingerprint density at radius 3 is 2.88 bits per heavy atom. The number of anilines is 1. The maximum atomic E-state index is 11.5. The highest BCUT2D eigenvalue weighted by molar-refractivity contribution is 9.10. The second-order valence-electron chi connectivity index (χ2n) is 3.75. The van der Waals surface area contributed by atoms with Gasteiger partial charge in [0.1, 0.15) is 0 Å². The van der Waals surface area contributed by atoms with E-state index in [0.29, 0.717) is 12.5 Å². The van der Waals surface area contributed by atoms with E-state index in [4.69, 9.17) is 0 Å². The third-order valence-corrected chi connectivity index (χ3v) is 3.10. The van der Waals surface area contributed by atoms with E-state index in [1.165, 1.54) is 0 Å².